The summed E-state index contributed by atoms with van der Waals surface area (Å²) in [4.78, 5) is 8.82. The number of piperidine rings is 1. The summed E-state index contributed by atoms with van der Waals surface area (Å²) in [6.45, 7) is 1.22. The molecule has 1 aliphatic rings. The Labute approximate surface area is 141 Å². The Hall–Kier alpha value is -1.44. The van der Waals surface area contributed by atoms with Crippen LogP contribution in [-0.4, -0.2) is 35.8 Å². The lowest BCUT2D eigenvalue weighted by Crippen LogP contribution is -2.35. The van der Waals surface area contributed by atoms with E-state index in [9.17, 15) is 8.42 Å². The van der Waals surface area contributed by atoms with Crippen molar-refractivity contribution in [2.45, 2.75) is 34.9 Å². The van der Waals surface area contributed by atoms with Crippen molar-refractivity contribution in [3.05, 3.63) is 48.4 Å². The number of nitrogens with zero attached hydrogens (tertiary/aromatic N) is 3. The quantitative estimate of drug-likeness (QED) is 0.777. The molecule has 0 atom stereocenters. The van der Waals surface area contributed by atoms with Gasteiger partial charge in [0, 0.05) is 31.2 Å². The minimum atomic E-state index is -3.40. The zero-order valence-electron chi connectivity index (χ0n) is 12.8. The molecule has 7 heteroatoms. The first-order valence-corrected chi connectivity index (χ1v) is 10.1. The van der Waals surface area contributed by atoms with Gasteiger partial charge in [-0.05, 0) is 37.1 Å². The fourth-order valence-corrected chi connectivity index (χ4v) is 4.71. The molecule has 5 nitrogen and oxygen atoms in total. The van der Waals surface area contributed by atoms with Gasteiger partial charge >= 0.3 is 0 Å². The number of hydrogen-bond acceptors (Lipinski definition) is 5. The average molecular weight is 349 g/mol. The van der Waals surface area contributed by atoms with E-state index in [1.807, 2.05) is 18.2 Å². The van der Waals surface area contributed by atoms with Crippen molar-refractivity contribution in [2.75, 3.05) is 13.1 Å². The number of thioether (sulfide) groups is 1. The maximum Gasteiger partial charge on any atom is 0.244 e. The summed E-state index contributed by atoms with van der Waals surface area (Å²) >= 11 is 1.55. The van der Waals surface area contributed by atoms with Crippen molar-refractivity contribution >= 4 is 21.8 Å². The highest BCUT2D eigenvalue weighted by Gasteiger charge is 2.26. The van der Waals surface area contributed by atoms with Crippen molar-refractivity contribution in [2.24, 2.45) is 0 Å². The van der Waals surface area contributed by atoms with Gasteiger partial charge < -0.3 is 0 Å². The molecule has 23 heavy (non-hydrogen) atoms. The summed E-state index contributed by atoms with van der Waals surface area (Å²) in [5, 5.41) is 0.799. The van der Waals surface area contributed by atoms with Gasteiger partial charge in [0.25, 0.3) is 0 Å². The molecule has 2 aromatic heterocycles. The van der Waals surface area contributed by atoms with Crippen LogP contribution in [0.1, 0.15) is 25.0 Å². The van der Waals surface area contributed by atoms with Crippen LogP contribution in [0, 0.1) is 0 Å². The molecule has 0 unspecified atom stereocenters. The maximum atomic E-state index is 12.5. The third-order valence-electron chi connectivity index (χ3n) is 3.76. The zero-order valence-corrected chi connectivity index (χ0v) is 14.4. The fraction of sp³-hybridized carbons (Fsp3) is 0.375. The molecule has 0 N–H and O–H groups in total. The van der Waals surface area contributed by atoms with E-state index in [2.05, 4.69) is 9.97 Å². The molecule has 1 fully saturated rings. The van der Waals surface area contributed by atoms with Crippen molar-refractivity contribution in [1.29, 1.82) is 0 Å². The molecule has 0 amide bonds. The van der Waals surface area contributed by atoms with Gasteiger partial charge in [-0.2, -0.15) is 4.31 Å². The molecular formula is C16H19N3O2S2. The Morgan fingerprint density at radius 1 is 1.04 bits per heavy atom. The minimum Gasteiger partial charge on any atom is -0.260 e. The van der Waals surface area contributed by atoms with E-state index in [1.54, 1.807) is 34.4 Å². The van der Waals surface area contributed by atoms with Crippen molar-refractivity contribution in [3.63, 3.8) is 0 Å². The SMILES string of the molecule is O=S(=O)(c1ccc(SCc2ccccn2)nc1)N1CCCCC1. The lowest BCUT2D eigenvalue weighted by atomic mass is 10.2. The van der Waals surface area contributed by atoms with Crippen LogP contribution >= 0.6 is 11.8 Å². The van der Waals surface area contributed by atoms with Gasteiger partial charge in [0.2, 0.25) is 10.0 Å². The van der Waals surface area contributed by atoms with Crippen LogP contribution in [0.5, 0.6) is 0 Å². The molecule has 1 saturated heterocycles. The summed E-state index contributed by atoms with van der Waals surface area (Å²) in [5.74, 6) is 0.714. The Kier molecular flexibility index (Phi) is 5.30. The van der Waals surface area contributed by atoms with E-state index >= 15 is 0 Å². The Morgan fingerprint density at radius 2 is 1.87 bits per heavy atom. The first kappa shape index (κ1) is 16.4. The summed E-state index contributed by atoms with van der Waals surface area (Å²) < 4.78 is 26.7. The predicted octanol–water partition coefficient (Wildman–Crippen LogP) is 2.94. The van der Waals surface area contributed by atoms with Gasteiger partial charge in [0.05, 0.1) is 10.7 Å². The smallest absolute Gasteiger partial charge is 0.244 e. The van der Waals surface area contributed by atoms with Gasteiger partial charge in [0.15, 0.2) is 0 Å². The zero-order chi connectivity index (χ0) is 16.1. The van der Waals surface area contributed by atoms with Crippen molar-refractivity contribution in [1.82, 2.24) is 14.3 Å². The van der Waals surface area contributed by atoms with Crippen molar-refractivity contribution in [3.8, 4) is 0 Å². The summed E-state index contributed by atoms with van der Waals surface area (Å²) in [5.41, 5.74) is 0.976. The van der Waals surface area contributed by atoms with Crippen LogP contribution in [0.2, 0.25) is 0 Å². The molecule has 3 heterocycles. The second-order valence-corrected chi connectivity index (χ2v) is 8.34. The van der Waals surface area contributed by atoms with Gasteiger partial charge in [-0.25, -0.2) is 13.4 Å². The van der Waals surface area contributed by atoms with Crippen LogP contribution in [0.25, 0.3) is 0 Å². The third-order valence-corrected chi connectivity index (χ3v) is 6.62. The molecule has 0 saturated carbocycles. The molecule has 0 bridgehead atoms. The Balaban J connectivity index is 1.66. The van der Waals surface area contributed by atoms with Crippen LogP contribution < -0.4 is 0 Å². The van der Waals surface area contributed by atoms with E-state index < -0.39 is 10.0 Å². The normalized spacial score (nSPS) is 16.3. The Morgan fingerprint density at radius 3 is 2.52 bits per heavy atom. The van der Waals surface area contributed by atoms with Crippen molar-refractivity contribution < 1.29 is 8.42 Å². The second-order valence-electron chi connectivity index (χ2n) is 5.41. The standard InChI is InChI=1S/C16H19N3O2S2/c20-23(21,19-10-4-1-5-11-19)15-7-8-16(18-12-15)22-13-14-6-2-3-9-17-14/h2-3,6-9,12H,1,4-5,10-11,13H2. The molecule has 2 aromatic rings. The first-order chi connectivity index (χ1) is 11.2. The summed E-state index contributed by atoms with van der Waals surface area (Å²) in [7, 11) is -3.40. The molecular weight excluding hydrogens is 330 g/mol. The van der Waals surface area contributed by atoms with Gasteiger partial charge in [-0.3, -0.25) is 4.98 Å². The van der Waals surface area contributed by atoms with Gasteiger partial charge in [-0.15, -0.1) is 11.8 Å². The number of rotatable bonds is 5. The van der Waals surface area contributed by atoms with E-state index in [-0.39, 0.29) is 4.90 Å². The van der Waals surface area contributed by atoms with Crippen LogP contribution in [0.4, 0.5) is 0 Å². The highest BCUT2D eigenvalue weighted by atomic mass is 32.2. The summed E-state index contributed by atoms with van der Waals surface area (Å²) in [6, 6.07) is 9.21. The van der Waals surface area contributed by atoms with Crippen LogP contribution in [-0.2, 0) is 15.8 Å². The maximum absolute atomic E-state index is 12.5. The summed E-state index contributed by atoms with van der Waals surface area (Å²) in [6.07, 6.45) is 6.20. The number of hydrogen-bond donors (Lipinski definition) is 0. The highest BCUT2D eigenvalue weighted by Crippen LogP contribution is 2.23. The van der Waals surface area contributed by atoms with E-state index in [4.69, 9.17) is 0 Å². The molecule has 0 spiro atoms. The first-order valence-electron chi connectivity index (χ1n) is 7.65. The van der Waals surface area contributed by atoms with Crippen LogP contribution in [0.15, 0.2) is 52.6 Å². The number of sulfonamides is 1. The topological polar surface area (TPSA) is 63.2 Å². The lowest BCUT2D eigenvalue weighted by Gasteiger charge is -2.25. The number of pyridine rings is 2. The lowest BCUT2D eigenvalue weighted by molar-refractivity contribution is 0.346. The van der Waals surface area contributed by atoms with Gasteiger partial charge in [0.1, 0.15) is 4.90 Å². The third kappa shape index (κ3) is 4.10. The van der Waals surface area contributed by atoms with E-state index in [0.717, 1.165) is 30.0 Å². The molecule has 3 rings (SSSR count). The second kappa shape index (κ2) is 7.42. The average Bonchev–Trinajstić information content (AvgIpc) is 2.62. The molecule has 0 radical (unpaired) electrons. The molecule has 0 aliphatic carbocycles. The van der Waals surface area contributed by atoms with Gasteiger partial charge in [-0.1, -0.05) is 12.5 Å². The molecule has 122 valence electrons. The number of aromatic nitrogens is 2. The fourth-order valence-electron chi connectivity index (χ4n) is 2.49. The highest BCUT2D eigenvalue weighted by molar-refractivity contribution is 7.98. The molecule has 1 aliphatic heterocycles. The van der Waals surface area contributed by atoms with E-state index in [0.29, 0.717) is 18.8 Å². The van der Waals surface area contributed by atoms with E-state index in [1.165, 1.54) is 6.20 Å². The van der Waals surface area contributed by atoms with Crippen LogP contribution in [0.3, 0.4) is 0 Å². The molecule has 0 aromatic carbocycles. The minimum absolute atomic E-state index is 0.279. The largest absolute Gasteiger partial charge is 0.260 e. The Bertz CT molecular complexity index is 728. The predicted molar refractivity (Wildman–Crippen MR) is 90.6 cm³/mol. The monoisotopic (exact) mass is 349 g/mol.